The molecule has 9 rings (SSSR count). The fourth-order valence-electron chi connectivity index (χ4n) is 13.2. The molecule has 4 saturated carbocycles. The fourth-order valence-corrected chi connectivity index (χ4v) is 14.5. The Balaban J connectivity index is 0.901. The van der Waals surface area contributed by atoms with E-state index in [4.69, 9.17) is 20.0 Å². The van der Waals surface area contributed by atoms with Crippen molar-refractivity contribution >= 4 is 65.8 Å². The van der Waals surface area contributed by atoms with Gasteiger partial charge in [0.15, 0.2) is 10.8 Å². The summed E-state index contributed by atoms with van der Waals surface area (Å²) in [6.45, 7) is 9.25. The molecular formula is C43H49N7O7S2. The van der Waals surface area contributed by atoms with E-state index in [1.807, 2.05) is 54.3 Å². The number of nitrogens with zero attached hydrogens (tertiary/aromatic N) is 4. The number of thiazole rings is 1. The number of fused-ring (bicyclic) bond motifs is 2. The first-order valence-corrected chi connectivity index (χ1v) is 22.5. The molecule has 5 atom stereocenters. The molecule has 14 nitrogen and oxygen atoms in total. The lowest BCUT2D eigenvalue weighted by molar-refractivity contribution is -0.565. The monoisotopic (exact) mass is 839 g/mol. The van der Waals surface area contributed by atoms with Gasteiger partial charge >= 0.3 is 5.97 Å². The van der Waals surface area contributed by atoms with Gasteiger partial charge in [0.2, 0.25) is 0 Å². The van der Waals surface area contributed by atoms with Gasteiger partial charge in [-0.2, -0.15) is 8.42 Å². The second kappa shape index (κ2) is 13.9. The molecule has 4 fully saturated rings. The Morgan fingerprint density at radius 2 is 1.81 bits per heavy atom. The summed E-state index contributed by atoms with van der Waals surface area (Å²) >= 11 is 1.42. The highest BCUT2D eigenvalue weighted by molar-refractivity contribution is 7.85. The van der Waals surface area contributed by atoms with Crippen molar-refractivity contribution in [3.63, 3.8) is 0 Å². The molecule has 1 amide bonds. The van der Waals surface area contributed by atoms with E-state index in [-0.39, 0.29) is 51.2 Å². The molecule has 3 heterocycles. The summed E-state index contributed by atoms with van der Waals surface area (Å²) in [5, 5.41) is 17.0. The number of aromatic nitrogens is 2. The van der Waals surface area contributed by atoms with E-state index in [1.54, 1.807) is 12.1 Å². The standard InChI is InChI=1S/C43H49N7O7S2/c1-26(46-25-41-22-39(2)21-40(3)23-42(24-41,43(39,40)41)57-17-14-45-15-18-59(54,55)56)30(19-44)28-11-12-34(48-35(28)37(52)53)50-16-13-27-7-6-8-29(31(27)20-50)36(51)49-38-47-32-9-4-5-10-33(32)58-38/h4-12,19,45H,13-18,20-25,44H2,1-3H3,(H,52,53)(H,47,49,51)(H,54,55,56). The number of rotatable bonds is 15. The van der Waals surface area contributed by atoms with Crippen LogP contribution in [-0.2, 0) is 27.8 Å². The predicted octanol–water partition coefficient (Wildman–Crippen LogP) is 5.80. The molecule has 310 valence electrons. The van der Waals surface area contributed by atoms with Crippen LogP contribution in [0.1, 0.15) is 84.0 Å². The smallest absolute Gasteiger partial charge is 0.355 e. The topological polar surface area (TPSA) is 209 Å². The average Bonchev–Trinajstić information content (AvgIpc) is 3.58. The lowest BCUT2D eigenvalue weighted by Crippen LogP contribution is -3.01. The van der Waals surface area contributed by atoms with Gasteiger partial charge < -0.3 is 25.8 Å². The summed E-state index contributed by atoms with van der Waals surface area (Å²) in [7, 11) is -4.02. The third-order valence-electron chi connectivity index (χ3n) is 14.2. The number of carbonyl (C=O) groups excluding carboxylic acids is 1. The quantitative estimate of drug-likeness (QED) is 0.0547. The van der Waals surface area contributed by atoms with Crippen LogP contribution in [0.3, 0.4) is 0 Å². The Hall–Kier alpha value is -4.74. The SMILES string of the molecule is CC(=NCC12CC3(C)CC4(C)CC(OCCNCCS(=O)(=O)O)(C1)C342)C(=CN)c1ccc(N2CCc3cccc(C(=O)Nc4nc5ccccc5s4)c3C2)nc1C(=O)O. The number of nitrogens with one attached hydrogen (secondary N) is 2. The minimum atomic E-state index is -4.02. The number of anilines is 2. The molecule has 2 aromatic heterocycles. The molecule has 4 aromatic rings. The average molecular weight is 840 g/mol. The number of ether oxygens (including phenoxy) is 1. The lowest BCUT2D eigenvalue weighted by atomic mass is 9.03. The number of nitrogens with two attached hydrogens (primary N) is 1. The van der Waals surface area contributed by atoms with E-state index < -0.39 is 16.1 Å². The molecule has 59 heavy (non-hydrogen) atoms. The van der Waals surface area contributed by atoms with Crippen molar-refractivity contribution in [3.8, 4) is 0 Å². The number of hydrogen-bond acceptors (Lipinski definition) is 12. The molecule has 1 aliphatic heterocycles. The summed E-state index contributed by atoms with van der Waals surface area (Å²) in [5.74, 6) is -1.28. The van der Waals surface area contributed by atoms with E-state index in [0.29, 0.717) is 72.6 Å². The molecule has 5 aliphatic rings. The number of carbonyl (C=O) groups is 2. The number of benzene rings is 2. The second-order valence-electron chi connectivity index (χ2n) is 17.6. The summed E-state index contributed by atoms with van der Waals surface area (Å²) in [6.07, 6.45) is 6.14. The largest absolute Gasteiger partial charge is 0.476 e. The van der Waals surface area contributed by atoms with Gasteiger partial charge in [-0.1, -0.05) is 49.4 Å². The number of allylic oxidation sites excluding steroid dienone is 1. The zero-order valence-corrected chi connectivity index (χ0v) is 35.0. The van der Waals surface area contributed by atoms with Crippen molar-refractivity contribution in [3.05, 3.63) is 88.7 Å². The van der Waals surface area contributed by atoms with Gasteiger partial charge in [-0.15, -0.1) is 0 Å². The lowest BCUT2D eigenvalue weighted by Gasteiger charge is -3.02. The summed E-state index contributed by atoms with van der Waals surface area (Å²) < 4.78 is 38.8. The first kappa shape index (κ1) is 39.7. The number of aromatic carboxylic acids is 1. The number of carboxylic acids is 1. The van der Waals surface area contributed by atoms with E-state index in [0.717, 1.165) is 47.0 Å². The Morgan fingerprint density at radius 1 is 1.02 bits per heavy atom. The van der Waals surface area contributed by atoms with Gasteiger partial charge in [0, 0.05) is 72.2 Å². The molecule has 0 radical (unpaired) electrons. The van der Waals surface area contributed by atoms with Crippen LogP contribution in [-0.4, -0.2) is 89.8 Å². The van der Waals surface area contributed by atoms with E-state index in [9.17, 15) is 23.1 Å². The molecule has 2 aromatic carbocycles. The molecular weight excluding hydrogens is 791 g/mol. The minimum Gasteiger partial charge on any atom is -0.476 e. The van der Waals surface area contributed by atoms with Crippen LogP contribution < -0.4 is 21.3 Å². The number of amides is 1. The highest BCUT2D eigenvalue weighted by Crippen LogP contribution is 3.03. The Labute approximate surface area is 347 Å². The van der Waals surface area contributed by atoms with E-state index in [2.05, 4.69) is 34.4 Å². The number of aliphatic imine (C=N–C) groups is 1. The first-order valence-electron chi connectivity index (χ1n) is 20.1. The van der Waals surface area contributed by atoms with Crippen molar-refractivity contribution in [1.29, 1.82) is 0 Å². The highest BCUT2D eigenvalue weighted by atomic mass is 32.2. The molecule has 16 heteroatoms. The highest BCUT2D eigenvalue weighted by Gasteiger charge is 3.02. The van der Waals surface area contributed by atoms with Crippen LogP contribution >= 0.6 is 11.3 Å². The van der Waals surface area contributed by atoms with Crippen LogP contribution in [0.2, 0.25) is 0 Å². The van der Waals surface area contributed by atoms with E-state index >= 15 is 0 Å². The third-order valence-corrected chi connectivity index (χ3v) is 15.9. The second-order valence-corrected chi connectivity index (χ2v) is 20.2. The molecule has 0 saturated heterocycles. The first-order chi connectivity index (χ1) is 28.1. The Morgan fingerprint density at radius 3 is 2.54 bits per heavy atom. The molecule has 1 spiro atoms. The van der Waals surface area contributed by atoms with Crippen molar-refractivity contribution in [2.24, 2.45) is 32.4 Å². The summed E-state index contributed by atoms with van der Waals surface area (Å²) in [6, 6.07) is 17.0. The maximum Gasteiger partial charge on any atom is 0.355 e. The predicted molar refractivity (Wildman–Crippen MR) is 228 cm³/mol. The van der Waals surface area contributed by atoms with Crippen molar-refractivity contribution in [1.82, 2.24) is 15.3 Å². The van der Waals surface area contributed by atoms with Crippen molar-refractivity contribution in [2.45, 2.75) is 65.0 Å². The van der Waals surface area contributed by atoms with Gasteiger partial charge in [0.1, 0.15) is 5.82 Å². The van der Waals surface area contributed by atoms with Crippen LogP contribution in [0.5, 0.6) is 0 Å². The number of para-hydroxylation sites is 1. The molecule has 6 N–H and O–H groups in total. The van der Waals surface area contributed by atoms with Crippen LogP contribution in [0.4, 0.5) is 10.9 Å². The molecule has 4 aliphatic carbocycles. The molecule has 5 unspecified atom stereocenters. The van der Waals surface area contributed by atoms with Crippen molar-refractivity contribution < 1.29 is 32.4 Å². The van der Waals surface area contributed by atoms with Crippen molar-refractivity contribution in [2.75, 3.05) is 48.8 Å². The van der Waals surface area contributed by atoms with Crippen LogP contribution in [0.25, 0.3) is 15.8 Å². The zero-order valence-electron chi connectivity index (χ0n) is 33.4. The Bertz CT molecular complexity index is 2550. The van der Waals surface area contributed by atoms with Gasteiger partial charge in [-0.3, -0.25) is 19.7 Å². The Kier molecular flexibility index (Phi) is 9.36. The molecule has 0 bridgehead atoms. The van der Waals surface area contributed by atoms with Crippen LogP contribution in [0, 0.1) is 21.7 Å². The van der Waals surface area contributed by atoms with Gasteiger partial charge in [-0.25, -0.2) is 14.8 Å². The maximum atomic E-state index is 13.6. The van der Waals surface area contributed by atoms with E-state index in [1.165, 1.54) is 17.5 Å². The number of carboxylic acid groups (broad SMARTS) is 1. The minimum absolute atomic E-state index is 0.00331. The summed E-state index contributed by atoms with van der Waals surface area (Å²) in [5.41, 5.74) is 11.0. The van der Waals surface area contributed by atoms with Gasteiger partial charge in [0.25, 0.3) is 16.0 Å². The van der Waals surface area contributed by atoms with Gasteiger partial charge in [0.05, 0.1) is 28.2 Å². The third kappa shape index (κ3) is 5.96. The normalized spacial score (nSPS) is 29.3. The number of hydrogen-bond donors (Lipinski definition) is 5. The van der Waals surface area contributed by atoms with Gasteiger partial charge in [-0.05, 0) is 91.3 Å². The number of pyridine rings is 1. The zero-order chi connectivity index (χ0) is 41.6. The van der Waals surface area contributed by atoms with Crippen LogP contribution in [0.15, 0.2) is 65.8 Å². The maximum absolute atomic E-state index is 13.6. The fraction of sp³-hybridized carbons (Fsp3) is 0.465. The summed E-state index contributed by atoms with van der Waals surface area (Å²) in [4.78, 5) is 42.8.